The van der Waals surface area contributed by atoms with Gasteiger partial charge in [-0.3, -0.25) is 14.9 Å². The van der Waals surface area contributed by atoms with E-state index < -0.39 is 10.8 Å². The Morgan fingerprint density at radius 2 is 1.84 bits per heavy atom. The summed E-state index contributed by atoms with van der Waals surface area (Å²) in [5.41, 5.74) is 3.67. The van der Waals surface area contributed by atoms with E-state index in [4.69, 9.17) is 4.74 Å². The van der Waals surface area contributed by atoms with Crippen LogP contribution in [0.5, 0.6) is 5.75 Å². The SMILES string of the molecule is O=C(Cc1ccccc1[N+](=O)[O-])N/N=C/c1ccc(OCc2ccccc2F)c(Br)c1. The van der Waals surface area contributed by atoms with Crippen molar-refractivity contribution in [1.29, 1.82) is 0 Å². The van der Waals surface area contributed by atoms with Crippen molar-refractivity contribution in [1.82, 2.24) is 5.43 Å². The predicted octanol–water partition coefficient (Wildman–Crippen LogP) is 4.77. The molecule has 0 aliphatic carbocycles. The van der Waals surface area contributed by atoms with E-state index in [-0.39, 0.29) is 24.5 Å². The van der Waals surface area contributed by atoms with Gasteiger partial charge in [-0.15, -0.1) is 0 Å². The Balaban J connectivity index is 1.56. The van der Waals surface area contributed by atoms with E-state index in [0.29, 0.717) is 26.9 Å². The van der Waals surface area contributed by atoms with Crippen LogP contribution in [-0.4, -0.2) is 17.0 Å². The van der Waals surface area contributed by atoms with Crippen LogP contribution < -0.4 is 10.2 Å². The number of amides is 1. The maximum atomic E-state index is 13.7. The molecule has 0 spiro atoms. The van der Waals surface area contributed by atoms with Crippen molar-refractivity contribution >= 4 is 33.7 Å². The molecule has 158 valence electrons. The largest absolute Gasteiger partial charge is 0.488 e. The maximum Gasteiger partial charge on any atom is 0.273 e. The number of nitro benzene ring substituents is 1. The molecule has 0 bridgehead atoms. The van der Waals surface area contributed by atoms with Crippen LogP contribution in [0, 0.1) is 15.9 Å². The molecule has 3 rings (SSSR count). The lowest BCUT2D eigenvalue weighted by Gasteiger charge is -2.09. The number of hydrogen-bond donors (Lipinski definition) is 1. The molecule has 0 aliphatic rings. The Labute approximate surface area is 185 Å². The van der Waals surface area contributed by atoms with Crippen LogP contribution in [0.1, 0.15) is 16.7 Å². The van der Waals surface area contributed by atoms with Gasteiger partial charge in [0.2, 0.25) is 5.91 Å². The molecule has 0 unspecified atom stereocenters. The summed E-state index contributed by atoms with van der Waals surface area (Å²) in [5.74, 6) is -0.283. The molecule has 0 aromatic heterocycles. The lowest BCUT2D eigenvalue weighted by atomic mass is 10.1. The van der Waals surface area contributed by atoms with Crippen LogP contribution in [0.2, 0.25) is 0 Å². The van der Waals surface area contributed by atoms with E-state index in [1.165, 1.54) is 24.4 Å². The highest BCUT2D eigenvalue weighted by atomic mass is 79.9. The number of benzene rings is 3. The van der Waals surface area contributed by atoms with Crippen LogP contribution in [-0.2, 0) is 17.8 Å². The smallest absolute Gasteiger partial charge is 0.273 e. The van der Waals surface area contributed by atoms with Gasteiger partial charge in [0.1, 0.15) is 18.2 Å². The zero-order valence-corrected chi connectivity index (χ0v) is 17.7. The van der Waals surface area contributed by atoms with E-state index >= 15 is 0 Å². The van der Waals surface area contributed by atoms with E-state index in [1.54, 1.807) is 48.5 Å². The molecule has 0 radical (unpaired) electrons. The third-order valence-electron chi connectivity index (χ3n) is 4.24. The second-order valence-electron chi connectivity index (χ2n) is 6.43. The van der Waals surface area contributed by atoms with Gasteiger partial charge in [0.05, 0.1) is 22.0 Å². The normalized spacial score (nSPS) is 10.8. The first kappa shape index (κ1) is 22.1. The van der Waals surface area contributed by atoms with Gasteiger partial charge in [-0.2, -0.15) is 5.10 Å². The highest BCUT2D eigenvalue weighted by Gasteiger charge is 2.15. The number of carbonyl (C=O) groups is 1. The standard InChI is InChI=1S/C22H17BrFN3O4/c23-18-11-15(9-10-21(18)31-14-17-6-1-3-7-19(17)24)13-25-26-22(28)12-16-5-2-4-8-20(16)27(29)30/h1-11,13H,12,14H2,(H,26,28)/b25-13+. The molecular weight excluding hydrogens is 469 g/mol. The molecule has 0 aliphatic heterocycles. The molecular formula is C22H17BrFN3O4. The Hall–Kier alpha value is -3.59. The number of halogens is 2. The number of hydrazone groups is 1. The average molecular weight is 486 g/mol. The van der Waals surface area contributed by atoms with Gasteiger partial charge in [-0.25, -0.2) is 9.82 Å². The van der Waals surface area contributed by atoms with Crippen molar-refractivity contribution in [3.8, 4) is 5.75 Å². The number of hydrogen-bond acceptors (Lipinski definition) is 5. The minimum atomic E-state index is -0.529. The monoisotopic (exact) mass is 485 g/mol. The fourth-order valence-corrected chi connectivity index (χ4v) is 3.23. The second-order valence-corrected chi connectivity index (χ2v) is 7.28. The Morgan fingerprint density at radius 1 is 1.13 bits per heavy atom. The first-order valence-electron chi connectivity index (χ1n) is 9.14. The van der Waals surface area contributed by atoms with Crippen molar-refractivity contribution in [3.05, 3.63) is 104 Å². The zero-order valence-electron chi connectivity index (χ0n) is 16.1. The van der Waals surface area contributed by atoms with Crippen LogP contribution in [0.4, 0.5) is 10.1 Å². The number of ether oxygens (including phenoxy) is 1. The second kappa shape index (κ2) is 10.4. The van der Waals surface area contributed by atoms with Crippen molar-refractivity contribution in [2.75, 3.05) is 0 Å². The molecule has 3 aromatic rings. The molecule has 1 N–H and O–H groups in total. The topological polar surface area (TPSA) is 93.8 Å². The Morgan fingerprint density at radius 3 is 2.55 bits per heavy atom. The molecule has 1 amide bonds. The highest BCUT2D eigenvalue weighted by molar-refractivity contribution is 9.10. The Kier molecular flexibility index (Phi) is 7.45. The number of para-hydroxylation sites is 1. The third-order valence-corrected chi connectivity index (χ3v) is 4.86. The van der Waals surface area contributed by atoms with E-state index in [0.717, 1.165) is 0 Å². The predicted molar refractivity (Wildman–Crippen MR) is 117 cm³/mol. The summed E-state index contributed by atoms with van der Waals surface area (Å²) in [7, 11) is 0. The molecule has 0 fully saturated rings. The van der Waals surface area contributed by atoms with Crippen molar-refractivity contribution in [3.63, 3.8) is 0 Å². The summed E-state index contributed by atoms with van der Waals surface area (Å²) in [6.07, 6.45) is 1.27. The Bertz CT molecular complexity index is 1140. The minimum absolute atomic E-state index is 0.0837. The van der Waals surface area contributed by atoms with Gasteiger partial charge in [0, 0.05) is 17.2 Å². The van der Waals surface area contributed by atoms with E-state index in [1.807, 2.05) is 0 Å². The number of carbonyl (C=O) groups excluding carboxylic acids is 1. The lowest BCUT2D eigenvalue weighted by molar-refractivity contribution is -0.385. The molecule has 0 saturated carbocycles. The summed E-state index contributed by atoms with van der Waals surface area (Å²) in [6.45, 7) is 0.0837. The number of nitro groups is 1. The van der Waals surface area contributed by atoms with Gasteiger partial charge in [0.15, 0.2) is 0 Å². The van der Waals surface area contributed by atoms with E-state index in [9.17, 15) is 19.3 Å². The van der Waals surface area contributed by atoms with Crippen molar-refractivity contribution in [2.24, 2.45) is 5.10 Å². The fourth-order valence-electron chi connectivity index (χ4n) is 2.72. The summed E-state index contributed by atoms with van der Waals surface area (Å²) >= 11 is 3.39. The fraction of sp³-hybridized carbons (Fsp3) is 0.0909. The summed E-state index contributed by atoms with van der Waals surface area (Å²) < 4.78 is 20.0. The zero-order chi connectivity index (χ0) is 22.2. The summed E-state index contributed by atoms with van der Waals surface area (Å²) in [5, 5.41) is 14.9. The molecule has 0 heterocycles. The van der Waals surface area contributed by atoms with Gasteiger partial charge in [-0.1, -0.05) is 36.4 Å². The van der Waals surface area contributed by atoms with Crippen LogP contribution in [0.25, 0.3) is 0 Å². The van der Waals surface area contributed by atoms with Crippen molar-refractivity contribution < 1.29 is 18.8 Å². The maximum absolute atomic E-state index is 13.7. The van der Waals surface area contributed by atoms with Crippen LogP contribution in [0.15, 0.2) is 76.3 Å². The van der Waals surface area contributed by atoms with Gasteiger partial charge >= 0.3 is 0 Å². The van der Waals surface area contributed by atoms with Crippen LogP contribution in [0.3, 0.4) is 0 Å². The number of rotatable bonds is 8. The van der Waals surface area contributed by atoms with Crippen LogP contribution >= 0.6 is 15.9 Å². The third kappa shape index (κ3) is 6.19. The number of nitrogens with one attached hydrogen (secondary N) is 1. The quantitative estimate of drug-likeness (QED) is 0.282. The molecule has 0 saturated heterocycles. The lowest BCUT2D eigenvalue weighted by Crippen LogP contribution is -2.20. The molecule has 7 nitrogen and oxygen atoms in total. The van der Waals surface area contributed by atoms with Gasteiger partial charge in [0.25, 0.3) is 5.69 Å². The van der Waals surface area contributed by atoms with Crippen molar-refractivity contribution in [2.45, 2.75) is 13.0 Å². The summed E-state index contributed by atoms with van der Waals surface area (Å²) in [6, 6.07) is 17.6. The first-order chi connectivity index (χ1) is 14.9. The van der Waals surface area contributed by atoms with Gasteiger partial charge in [-0.05, 0) is 45.8 Å². The van der Waals surface area contributed by atoms with E-state index in [2.05, 4.69) is 26.5 Å². The molecule has 3 aromatic carbocycles. The molecule has 31 heavy (non-hydrogen) atoms. The number of nitrogens with zero attached hydrogens (tertiary/aromatic N) is 2. The molecule has 0 atom stereocenters. The minimum Gasteiger partial charge on any atom is -0.488 e. The average Bonchev–Trinajstić information content (AvgIpc) is 2.74. The van der Waals surface area contributed by atoms with Gasteiger partial charge < -0.3 is 4.74 Å². The molecule has 9 heteroatoms. The highest BCUT2D eigenvalue weighted by Crippen LogP contribution is 2.26. The summed E-state index contributed by atoms with van der Waals surface area (Å²) in [4.78, 5) is 22.5. The first-order valence-corrected chi connectivity index (χ1v) is 9.93.